The fourth-order valence-corrected chi connectivity index (χ4v) is 7.08. The minimum Gasteiger partial charge on any atom is -0.481 e. The number of aryl methyl sites for hydroxylation is 1. The number of hydrogen-bond acceptors (Lipinski definition) is 10. The van der Waals surface area contributed by atoms with Gasteiger partial charge in [-0.05, 0) is 55.0 Å². The predicted molar refractivity (Wildman–Crippen MR) is 187 cm³/mol. The number of aliphatic hydroxyl groups is 1. The standard InChI is InChI=1S/C35H40ClN7O5/c1-18-20(7-6-10-23(18)40-32(38)30-27(16-37)42(2)35(46)43(3)34(30)45)21-8-5-9-22(31(21)36)26-15-19-11-12-25(29(19)33(41-26)47-4)39-24-13-14-48-17-28(24)44/h5-10,15-16,24-25,28,39-40,44H,11-14,17,37-38H2,1-4H3/b27-16+,32-30-. The summed E-state index contributed by atoms with van der Waals surface area (Å²) in [5.74, 6) is 0.587. The van der Waals surface area contributed by atoms with E-state index in [2.05, 4.69) is 16.7 Å². The number of methoxy groups -OCH3 is 1. The van der Waals surface area contributed by atoms with E-state index < -0.39 is 17.4 Å². The van der Waals surface area contributed by atoms with Crippen LogP contribution in [0.5, 0.6) is 5.88 Å². The summed E-state index contributed by atoms with van der Waals surface area (Å²) in [6, 6.07) is 13.5. The number of rotatable bonds is 7. The topological polar surface area (TPSA) is 172 Å². The Hall–Kier alpha value is -4.62. The van der Waals surface area contributed by atoms with Crippen molar-refractivity contribution in [1.29, 1.82) is 0 Å². The number of nitrogens with one attached hydrogen (secondary N) is 2. The third-order valence-corrected chi connectivity index (χ3v) is 9.81. The number of anilines is 1. The summed E-state index contributed by atoms with van der Waals surface area (Å²) >= 11 is 7.16. The molecule has 0 spiro atoms. The molecule has 7 N–H and O–H groups in total. The maximum atomic E-state index is 13.1. The lowest BCUT2D eigenvalue weighted by molar-refractivity contribution is -0.0304. The molecule has 0 saturated carbocycles. The fraction of sp³-hybridized carbons (Fsp3) is 0.343. The van der Waals surface area contributed by atoms with Crippen LogP contribution in [0.4, 0.5) is 5.69 Å². The van der Waals surface area contributed by atoms with Crippen LogP contribution in [0.3, 0.4) is 0 Å². The Morgan fingerprint density at radius 3 is 2.58 bits per heavy atom. The van der Waals surface area contributed by atoms with Crippen molar-refractivity contribution in [2.24, 2.45) is 25.6 Å². The molecule has 1 fully saturated rings. The third-order valence-electron chi connectivity index (χ3n) is 9.40. The number of aromatic nitrogens is 3. The van der Waals surface area contributed by atoms with Gasteiger partial charge >= 0.3 is 5.69 Å². The van der Waals surface area contributed by atoms with E-state index in [0.717, 1.165) is 57.2 Å². The van der Waals surface area contributed by atoms with Crippen LogP contribution in [0, 0.1) is 6.92 Å². The first-order valence-electron chi connectivity index (χ1n) is 15.8. The van der Waals surface area contributed by atoms with Crippen molar-refractivity contribution in [1.82, 2.24) is 19.4 Å². The zero-order valence-electron chi connectivity index (χ0n) is 27.3. The second-order valence-electron chi connectivity index (χ2n) is 12.2. The summed E-state index contributed by atoms with van der Waals surface area (Å²) in [6.45, 7) is 2.88. The van der Waals surface area contributed by atoms with E-state index in [-0.39, 0.29) is 28.5 Å². The molecular formula is C35H40ClN7O5. The van der Waals surface area contributed by atoms with Crippen molar-refractivity contribution in [3.63, 3.8) is 0 Å². The first-order chi connectivity index (χ1) is 23.0. The first-order valence-corrected chi connectivity index (χ1v) is 16.2. The van der Waals surface area contributed by atoms with Crippen molar-refractivity contribution >= 4 is 29.3 Å². The number of hydrogen-bond donors (Lipinski definition) is 5. The molecule has 0 bridgehead atoms. The zero-order valence-corrected chi connectivity index (χ0v) is 28.1. The van der Waals surface area contributed by atoms with Crippen LogP contribution in [0.15, 0.2) is 52.1 Å². The molecule has 2 aliphatic rings. The smallest absolute Gasteiger partial charge is 0.330 e. The highest BCUT2D eigenvalue weighted by molar-refractivity contribution is 6.36. The molecule has 2 aromatic carbocycles. The van der Waals surface area contributed by atoms with Gasteiger partial charge in [-0.2, -0.15) is 0 Å². The Kier molecular flexibility index (Phi) is 9.35. The van der Waals surface area contributed by atoms with Gasteiger partial charge < -0.3 is 36.7 Å². The minimum absolute atomic E-state index is 0.0120. The quantitative estimate of drug-likeness (QED) is 0.193. The Morgan fingerprint density at radius 1 is 1.12 bits per heavy atom. The lowest BCUT2D eigenvalue weighted by Gasteiger charge is -2.31. The van der Waals surface area contributed by atoms with Crippen LogP contribution >= 0.6 is 11.6 Å². The molecule has 2 aromatic heterocycles. The van der Waals surface area contributed by atoms with Gasteiger partial charge in [-0.1, -0.05) is 41.9 Å². The van der Waals surface area contributed by atoms with E-state index in [1.165, 1.54) is 24.9 Å². The number of nitrogens with zero attached hydrogens (tertiary/aromatic N) is 3. The van der Waals surface area contributed by atoms with Crippen molar-refractivity contribution in [3.8, 4) is 28.3 Å². The Morgan fingerprint density at radius 2 is 1.85 bits per heavy atom. The molecule has 252 valence electrons. The second-order valence-corrected chi connectivity index (χ2v) is 12.6. The molecule has 1 aliphatic carbocycles. The maximum Gasteiger partial charge on any atom is 0.330 e. The molecule has 0 amide bonds. The fourth-order valence-electron chi connectivity index (χ4n) is 6.76. The molecular weight excluding hydrogens is 634 g/mol. The van der Waals surface area contributed by atoms with Crippen molar-refractivity contribution in [2.45, 2.75) is 44.4 Å². The van der Waals surface area contributed by atoms with E-state index in [1.807, 2.05) is 43.3 Å². The highest BCUT2D eigenvalue weighted by Gasteiger charge is 2.33. The Balaban J connectivity index is 1.37. The van der Waals surface area contributed by atoms with E-state index in [0.29, 0.717) is 35.5 Å². The van der Waals surface area contributed by atoms with Gasteiger partial charge in [0, 0.05) is 61.4 Å². The number of ether oxygens (including phenoxy) is 2. The molecule has 13 heteroatoms. The summed E-state index contributed by atoms with van der Waals surface area (Å²) in [4.78, 5) is 30.4. The first kappa shape index (κ1) is 33.3. The maximum absolute atomic E-state index is 13.1. The molecule has 48 heavy (non-hydrogen) atoms. The molecule has 3 heterocycles. The van der Waals surface area contributed by atoms with E-state index in [9.17, 15) is 14.7 Å². The summed E-state index contributed by atoms with van der Waals surface area (Å²) in [7, 11) is 4.53. The van der Waals surface area contributed by atoms with Gasteiger partial charge in [-0.25, -0.2) is 9.78 Å². The van der Waals surface area contributed by atoms with Gasteiger partial charge in [0.2, 0.25) is 5.88 Å². The van der Waals surface area contributed by atoms with Crippen LogP contribution in [-0.2, 0) is 25.3 Å². The van der Waals surface area contributed by atoms with E-state index in [1.54, 1.807) is 7.11 Å². The monoisotopic (exact) mass is 673 g/mol. The summed E-state index contributed by atoms with van der Waals surface area (Å²) < 4.78 is 13.5. The van der Waals surface area contributed by atoms with Crippen molar-refractivity contribution in [2.75, 3.05) is 25.6 Å². The average Bonchev–Trinajstić information content (AvgIpc) is 3.49. The SMILES string of the molecule is COc1nc(-c2cccc(-c3cccc(N/C(N)=c4\c(=O)n(C)c(=O)n(C)\c4=C\N)c3C)c2Cl)cc2c1C(NC1CCOCC1O)CC2. The molecule has 0 radical (unpaired) electrons. The molecule has 4 aromatic rings. The van der Waals surface area contributed by atoms with Crippen LogP contribution in [0.2, 0.25) is 5.02 Å². The number of halogens is 1. The van der Waals surface area contributed by atoms with Crippen LogP contribution in [0.25, 0.3) is 34.4 Å². The summed E-state index contributed by atoms with van der Waals surface area (Å²) in [5, 5.41) is 18.0. The highest BCUT2D eigenvalue weighted by atomic mass is 35.5. The van der Waals surface area contributed by atoms with Gasteiger partial charge in [0.05, 0.1) is 35.9 Å². The lowest BCUT2D eigenvalue weighted by Crippen LogP contribution is -2.59. The largest absolute Gasteiger partial charge is 0.481 e. The lowest BCUT2D eigenvalue weighted by atomic mass is 9.96. The second kappa shape index (κ2) is 13.5. The molecule has 12 nitrogen and oxygen atoms in total. The molecule has 3 unspecified atom stereocenters. The number of pyridine rings is 1. The van der Waals surface area contributed by atoms with Gasteiger partial charge in [0.15, 0.2) is 0 Å². The van der Waals surface area contributed by atoms with Gasteiger partial charge in [0.25, 0.3) is 5.56 Å². The minimum atomic E-state index is -0.565. The summed E-state index contributed by atoms with van der Waals surface area (Å²) in [6.07, 6.45) is 3.07. The third kappa shape index (κ3) is 5.85. The predicted octanol–water partition coefficient (Wildman–Crippen LogP) is 1.34. The van der Waals surface area contributed by atoms with Crippen LogP contribution in [0.1, 0.15) is 35.6 Å². The van der Waals surface area contributed by atoms with Crippen LogP contribution in [-0.4, -0.2) is 51.7 Å². The highest BCUT2D eigenvalue weighted by Crippen LogP contribution is 2.43. The normalized spacial score (nSPS) is 20.0. The van der Waals surface area contributed by atoms with Gasteiger partial charge in [-0.15, -0.1) is 0 Å². The molecule has 6 rings (SSSR count). The molecule has 1 saturated heterocycles. The Labute approximate surface area is 282 Å². The zero-order chi connectivity index (χ0) is 34.3. The Bertz CT molecular complexity index is 2150. The number of benzene rings is 2. The van der Waals surface area contributed by atoms with E-state index >= 15 is 0 Å². The van der Waals surface area contributed by atoms with Gasteiger partial charge in [0.1, 0.15) is 11.0 Å². The van der Waals surface area contributed by atoms with Crippen molar-refractivity contribution < 1.29 is 14.6 Å². The summed E-state index contributed by atoms with van der Waals surface area (Å²) in [5.41, 5.74) is 17.9. The van der Waals surface area contributed by atoms with E-state index in [4.69, 9.17) is 37.5 Å². The average molecular weight is 674 g/mol. The van der Waals surface area contributed by atoms with Crippen LogP contribution < -0.4 is 48.7 Å². The number of aliphatic hydroxyl groups excluding tert-OH is 1. The van der Waals surface area contributed by atoms with Crippen molar-refractivity contribution in [3.05, 3.63) is 95.6 Å². The number of nitrogens with two attached hydrogens (primary N) is 2. The van der Waals surface area contributed by atoms with Gasteiger partial charge in [-0.3, -0.25) is 13.9 Å². The molecule has 1 aliphatic heterocycles. The molecule has 3 atom stereocenters. The number of fused-ring (bicyclic) bond motifs is 1.